The van der Waals surface area contributed by atoms with Gasteiger partial charge < -0.3 is 5.32 Å². The average molecular weight is 398 g/mol. The van der Waals surface area contributed by atoms with Gasteiger partial charge in [-0.15, -0.1) is 5.10 Å². The van der Waals surface area contributed by atoms with Crippen LogP contribution in [-0.2, 0) is 6.42 Å². The molecular weight excluding hydrogens is 370 g/mol. The molecule has 1 N–H and O–H groups in total. The molecule has 5 heteroatoms. The van der Waals surface area contributed by atoms with Crippen molar-refractivity contribution in [3.05, 3.63) is 77.2 Å². The topological polar surface area (TPSA) is 55.1 Å². The zero-order valence-electron chi connectivity index (χ0n) is 18.0. The molecule has 0 saturated heterocycles. The summed E-state index contributed by atoms with van der Waals surface area (Å²) >= 11 is 0. The summed E-state index contributed by atoms with van der Waals surface area (Å²) in [6.07, 6.45) is 3.64. The highest BCUT2D eigenvalue weighted by atomic mass is 15.3. The van der Waals surface area contributed by atoms with Crippen LogP contribution in [0, 0.1) is 6.92 Å². The van der Waals surface area contributed by atoms with Gasteiger partial charge in [-0.05, 0) is 68.0 Å². The van der Waals surface area contributed by atoms with E-state index in [0.717, 1.165) is 17.9 Å². The minimum atomic E-state index is 0.114. The molecule has 2 aromatic heterocycles. The van der Waals surface area contributed by atoms with E-state index in [1.165, 1.54) is 27.9 Å². The van der Waals surface area contributed by atoms with Gasteiger partial charge in [0.2, 0.25) is 0 Å². The summed E-state index contributed by atoms with van der Waals surface area (Å²) in [5, 5.41) is 8.51. The third-order valence-corrected chi connectivity index (χ3v) is 5.98. The molecule has 5 nitrogen and oxygen atoms in total. The first-order valence-corrected chi connectivity index (χ1v) is 10.6. The van der Waals surface area contributed by atoms with Crippen LogP contribution >= 0.6 is 0 Å². The van der Waals surface area contributed by atoms with Gasteiger partial charge in [-0.3, -0.25) is 0 Å². The Labute approximate surface area is 177 Å². The normalized spacial score (nSPS) is 17.5. The molecule has 0 saturated carbocycles. The summed E-state index contributed by atoms with van der Waals surface area (Å²) in [7, 11) is 0. The lowest BCUT2D eigenvalue weighted by atomic mass is 9.80. The van der Waals surface area contributed by atoms with Crippen molar-refractivity contribution in [3.8, 4) is 11.3 Å². The minimum Gasteiger partial charge on any atom is -0.380 e. The Kier molecular flexibility index (Phi) is 4.35. The quantitative estimate of drug-likeness (QED) is 0.504. The van der Waals surface area contributed by atoms with Crippen molar-refractivity contribution in [2.24, 2.45) is 0 Å². The summed E-state index contributed by atoms with van der Waals surface area (Å²) < 4.78 is 1.89. The lowest BCUT2D eigenvalue weighted by molar-refractivity contribution is 0.454. The fourth-order valence-electron chi connectivity index (χ4n) is 4.70. The van der Waals surface area contributed by atoms with Gasteiger partial charge in [-0.1, -0.05) is 37.3 Å². The smallest absolute Gasteiger partial charge is 0.252 e. The number of fused-ring (bicyclic) bond motifs is 2. The van der Waals surface area contributed by atoms with Gasteiger partial charge in [-0.25, -0.2) is 4.98 Å². The van der Waals surface area contributed by atoms with E-state index in [-0.39, 0.29) is 5.54 Å². The largest absolute Gasteiger partial charge is 0.380 e. The molecule has 2 aromatic carbocycles. The first-order chi connectivity index (χ1) is 14.4. The predicted octanol–water partition coefficient (Wildman–Crippen LogP) is 5.39. The average Bonchev–Trinajstić information content (AvgIpc) is 3.10. The fourth-order valence-corrected chi connectivity index (χ4v) is 4.70. The van der Waals surface area contributed by atoms with Gasteiger partial charge in [-0.2, -0.15) is 9.50 Å². The molecule has 30 heavy (non-hydrogen) atoms. The molecule has 0 fully saturated rings. The van der Waals surface area contributed by atoms with Gasteiger partial charge in [0.25, 0.3) is 5.78 Å². The number of anilines is 1. The maximum Gasteiger partial charge on any atom is 0.252 e. The summed E-state index contributed by atoms with van der Waals surface area (Å²) in [4.78, 5) is 9.13. The number of nitrogens with zero attached hydrogens (tertiary/aromatic N) is 4. The molecule has 4 aromatic rings. The van der Waals surface area contributed by atoms with Crippen LogP contribution in [0.25, 0.3) is 17.0 Å². The minimum absolute atomic E-state index is 0.114. The molecule has 5 rings (SSSR count). The molecule has 0 bridgehead atoms. The Morgan fingerprint density at radius 3 is 2.73 bits per heavy atom. The standard InChI is InChI=1S/C25H27N5/c1-16-12-21-19(17(2)15-25(3,4)28-21)14-20(16)22-10-11-26-24-27-23(29-30(22)24)13-18-8-6-5-7-9-18/h5-12,14,17,28H,13,15H2,1-4H3. The van der Waals surface area contributed by atoms with Crippen LogP contribution < -0.4 is 5.32 Å². The summed E-state index contributed by atoms with van der Waals surface area (Å²) in [5.74, 6) is 1.92. The maximum atomic E-state index is 4.81. The number of aryl methyl sites for hydroxylation is 1. The third-order valence-electron chi connectivity index (χ3n) is 5.98. The van der Waals surface area contributed by atoms with Crippen molar-refractivity contribution in [1.82, 2.24) is 19.6 Å². The Morgan fingerprint density at radius 1 is 1.13 bits per heavy atom. The van der Waals surface area contributed by atoms with Crippen molar-refractivity contribution < 1.29 is 0 Å². The second kappa shape index (κ2) is 6.94. The van der Waals surface area contributed by atoms with Crippen LogP contribution in [0.15, 0.2) is 54.7 Å². The molecule has 1 aliphatic rings. The van der Waals surface area contributed by atoms with E-state index in [0.29, 0.717) is 18.1 Å². The molecule has 1 atom stereocenters. The van der Waals surface area contributed by atoms with E-state index >= 15 is 0 Å². The molecule has 0 spiro atoms. The number of benzene rings is 2. The SMILES string of the molecule is Cc1cc2c(cc1-c1ccnc3nc(Cc4ccccc4)nn13)C(C)CC(C)(C)N2. The Balaban J connectivity index is 1.59. The predicted molar refractivity (Wildman–Crippen MR) is 121 cm³/mol. The fraction of sp³-hybridized carbons (Fsp3) is 0.320. The van der Waals surface area contributed by atoms with E-state index in [1.54, 1.807) is 0 Å². The Hall–Kier alpha value is -3.21. The van der Waals surface area contributed by atoms with E-state index in [4.69, 9.17) is 5.10 Å². The van der Waals surface area contributed by atoms with E-state index < -0.39 is 0 Å². The highest BCUT2D eigenvalue weighted by Crippen LogP contribution is 2.41. The second-order valence-corrected chi connectivity index (χ2v) is 9.10. The number of hydrogen-bond donors (Lipinski definition) is 1. The first-order valence-electron chi connectivity index (χ1n) is 10.6. The van der Waals surface area contributed by atoms with Crippen molar-refractivity contribution in [2.45, 2.75) is 52.0 Å². The first kappa shape index (κ1) is 18.8. The van der Waals surface area contributed by atoms with Crippen LogP contribution in [0.1, 0.15) is 55.6 Å². The van der Waals surface area contributed by atoms with Crippen LogP contribution in [0.5, 0.6) is 0 Å². The lowest BCUT2D eigenvalue weighted by Gasteiger charge is -2.38. The molecule has 1 aliphatic heterocycles. The summed E-state index contributed by atoms with van der Waals surface area (Å²) in [6, 6.07) is 16.9. The van der Waals surface area contributed by atoms with Crippen molar-refractivity contribution in [1.29, 1.82) is 0 Å². The molecular formula is C25H27N5. The van der Waals surface area contributed by atoms with Crippen molar-refractivity contribution in [2.75, 3.05) is 5.32 Å². The highest BCUT2D eigenvalue weighted by molar-refractivity contribution is 5.72. The van der Waals surface area contributed by atoms with Crippen LogP contribution in [0.2, 0.25) is 0 Å². The van der Waals surface area contributed by atoms with E-state index in [1.807, 2.05) is 35.0 Å². The summed E-state index contributed by atoms with van der Waals surface area (Å²) in [5.41, 5.74) is 7.36. The van der Waals surface area contributed by atoms with E-state index in [9.17, 15) is 0 Å². The molecule has 0 radical (unpaired) electrons. The number of hydrogen-bond acceptors (Lipinski definition) is 4. The van der Waals surface area contributed by atoms with Crippen LogP contribution in [0.3, 0.4) is 0 Å². The number of rotatable bonds is 3. The van der Waals surface area contributed by atoms with Crippen molar-refractivity contribution in [3.63, 3.8) is 0 Å². The van der Waals surface area contributed by atoms with Gasteiger partial charge in [0.1, 0.15) is 0 Å². The molecule has 0 aliphatic carbocycles. The second-order valence-electron chi connectivity index (χ2n) is 9.10. The zero-order valence-corrected chi connectivity index (χ0v) is 18.0. The van der Waals surface area contributed by atoms with Gasteiger partial charge in [0.05, 0.1) is 5.69 Å². The maximum absolute atomic E-state index is 4.81. The highest BCUT2D eigenvalue weighted by Gasteiger charge is 2.30. The number of nitrogens with one attached hydrogen (secondary N) is 1. The van der Waals surface area contributed by atoms with Crippen LogP contribution in [-0.4, -0.2) is 25.1 Å². The number of aromatic nitrogens is 4. The van der Waals surface area contributed by atoms with Gasteiger partial charge >= 0.3 is 0 Å². The van der Waals surface area contributed by atoms with E-state index in [2.05, 4.69) is 67.2 Å². The summed E-state index contributed by atoms with van der Waals surface area (Å²) in [6.45, 7) is 9.02. The zero-order chi connectivity index (χ0) is 20.9. The monoisotopic (exact) mass is 397 g/mol. The van der Waals surface area contributed by atoms with Gasteiger partial charge in [0, 0.05) is 29.4 Å². The molecule has 3 heterocycles. The third kappa shape index (κ3) is 3.34. The van der Waals surface area contributed by atoms with Gasteiger partial charge in [0.15, 0.2) is 5.82 Å². The molecule has 1 unspecified atom stereocenters. The van der Waals surface area contributed by atoms with Crippen molar-refractivity contribution >= 4 is 11.5 Å². The molecule has 152 valence electrons. The van der Waals surface area contributed by atoms with Crippen LogP contribution in [0.4, 0.5) is 5.69 Å². The molecule has 0 amide bonds. The Morgan fingerprint density at radius 2 is 1.93 bits per heavy atom. The lowest BCUT2D eigenvalue weighted by Crippen LogP contribution is -2.36. The Bertz CT molecular complexity index is 1220.